The van der Waals surface area contributed by atoms with Gasteiger partial charge in [-0.2, -0.15) is 10.4 Å². The van der Waals surface area contributed by atoms with Gasteiger partial charge in [-0.15, -0.1) is 0 Å². The first-order valence-corrected chi connectivity index (χ1v) is 10.0. The van der Waals surface area contributed by atoms with Crippen molar-refractivity contribution in [3.8, 4) is 17.2 Å². The summed E-state index contributed by atoms with van der Waals surface area (Å²) in [7, 11) is 0. The lowest BCUT2D eigenvalue weighted by molar-refractivity contribution is 0.0794. The average Bonchev–Trinajstić information content (AvgIpc) is 3.37. The predicted molar refractivity (Wildman–Crippen MR) is 116 cm³/mol. The van der Waals surface area contributed by atoms with E-state index in [1.807, 2.05) is 30.3 Å². The minimum Gasteiger partial charge on any atom is -0.398 e. The van der Waals surface area contributed by atoms with Crippen molar-refractivity contribution in [3.05, 3.63) is 59.3 Å². The Morgan fingerprint density at radius 2 is 2.16 bits per heavy atom. The third kappa shape index (κ3) is 3.20. The maximum atomic E-state index is 12.9. The number of rotatable bonds is 5. The molecule has 8 nitrogen and oxygen atoms in total. The maximum Gasteiger partial charge on any atom is 0.272 e. The summed E-state index contributed by atoms with van der Waals surface area (Å²) in [6.07, 6.45) is 2.00. The van der Waals surface area contributed by atoms with E-state index in [-0.39, 0.29) is 24.4 Å². The minimum atomic E-state index is -0.209. The SMILES string of the molecule is C=C(C#N)CN1Cc2c(-c3ccc4[nH]nc(C(=O)NC5CC5)c4c3)ccc(N)c2C1=O. The molecule has 31 heavy (non-hydrogen) atoms. The first kappa shape index (κ1) is 18.9. The molecule has 5 rings (SSSR count). The average molecular weight is 412 g/mol. The molecule has 0 unspecified atom stereocenters. The van der Waals surface area contributed by atoms with E-state index in [9.17, 15) is 9.59 Å². The number of hydrogen-bond acceptors (Lipinski definition) is 5. The molecule has 0 spiro atoms. The fourth-order valence-electron chi connectivity index (χ4n) is 4.00. The largest absolute Gasteiger partial charge is 0.398 e. The number of nitrogen functional groups attached to an aromatic ring is 1. The second-order valence-corrected chi connectivity index (χ2v) is 8.01. The summed E-state index contributed by atoms with van der Waals surface area (Å²) in [5.41, 5.74) is 11.0. The smallest absolute Gasteiger partial charge is 0.272 e. The zero-order valence-electron chi connectivity index (χ0n) is 16.7. The molecule has 3 aromatic rings. The molecular weight excluding hydrogens is 392 g/mol. The predicted octanol–water partition coefficient (Wildman–Crippen LogP) is 2.74. The van der Waals surface area contributed by atoms with Gasteiger partial charge in [0.15, 0.2) is 5.69 Å². The number of carbonyl (C=O) groups is 2. The fourth-order valence-corrected chi connectivity index (χ4v) is 4.00. The van der Waals surface area contributed by atoms with Crippen LogP contribution in [-0.2, 0) is 6.54 Å². The summed E-state index contributed by atoms with van der Waals surface area (Å²) in [4.78, 5) is 27.0. The van der Waals surface area contributed by atoms with Gasteiger partial charge in [-0.05, 0) is 47.7 Å². The molecule has 1 aliphatic carbocycles. The lowest BCUT2D eigenvalue weighted by atomic mass is 9.94. The van der Waals surface area contributed by atoms with Crippen molar-refractivity contribution in [1.82, 2.24) is 20.4 Å². The van der Waals surface area contributed by atoms with Gasteiger partial charge in [0.25, 0.3) is 11.8 Å². The van der Waals surface area contributed by atoms with Crippen LogP contribution >= 0.6 is 0 Å². The van der Waals surface area contributed by atoms with Crippen LogP contribution in [0, 0.1) is 11.3 Å². The van der Waals surface area contributed by atoms with Gasteiger partial charge in [-0.1, -0.05) is 18.7 Å². The monoisotopic (exact) mass is 412 g/mol. The Bertz CT molecular complexity index is 1310. The van der Waals surface area contributed by atoms with E-state index in [2.05, 4.69) is 22.1 Å². The van der Waals surface area contributed by atoms with E-state index in [1.54, 1.807) is 11.0 Å². The van der Waals surface area contributed by atoms with Crippen molar-refractivity contribution in [2.24, 2.45) is 0 Å². The normalized spacial score (nSPS) is 15.1. The number of nitrogens with one attached hydrogen (secondary N) is 2. The van der Waals surface area contributed by atoms with Gasteiger partial charge in [0.1, 0.15) is 0 Å². The quantitative estimate of drug-likeness (QED) is 0.438. The first-order valence-electron chi connectivity index (χ1n) is 10.0. The highest BCUT2D eigenvalue weighted by Crippen LogP contribution is 2.37. The Kier molecular flexibility index (Phi) is 4.26. The van der Waals surface area contributed by atoms with Crippen LogP contribution in [0.1, 0.15) is 39.3 Å². The third-order valence-corrected chi connectivity index (χ3v) is 5.74. The Morgan fingerprint density at radius 3 is 2.90 bits per heavy atom. The van der Waals surface area contributed by atoms with E-state index in [1.165, 1.54) is 0 Å². The Balaban J connectivity index is 1.56. The lowest BCUT2D eigenvalue weighted by Gasteiger charge is -2.14. The van der Waals surface area contributed by atoms with Gasteiger partial charge in [-0.25, -0.2) is 0 Å². The standard InChI is InChI=1S/C23H20N6O2/c1-12(9-24)10-29-11-17-15(5-6-18(25)20(17)23(29)31)13-2-7-19-16(8-13)21(28-27-19)22(30)26-14-3-4-14/h2,5-8,14H,1,3-4,10-11,25H2,(H,26,30)(H,27,28). The summed E-state index contributed by atoms with van der Waals surface area (Å²) in [5, 5.41) is 19.8. The summed E-state index contributed by atoms with van der Waals surface area (Å²) >= 11 is 0. The Labute approximate surface area is 178 Å². The molecule has 1 fully saturated rings. The highest BCUT2D eigenvalue weighted by Gasteiger charge is 2.32. The number of nitriles is 1. The number of carbonyl (C=O) groups excluding carboxylic acids is 2. The molecule has 2 aromatic carbocycles. The number of aromatic nitrogens is 2. The number of hydrogen-bond donors (Lipinski definition) is 3. The summed E-state index contributed by atoms with van der Waals surface area (Å²) < 4.78 is 0. The Morgan fingerprint density at radius 1 is 1.35 bits per heavy atom. The van der Waals surface area contributed by atoms with Crippen LogP contribution in [0.5, 0.6) is 0 Å². The van der Waals surface area contributed by atoms with Crippen LogP contribution < -0.4 is 11.1 Å². The van der Waals surface area contributed by atoms with Crippen LogP contribution in [-0.4, -0.2) is 39.5 Å². The van der Waals surface area contributed by atoms with Crippen molar-refractivity contribution in [2.75, 3.05) is 12.3 Å². The van der Waals surface area contributed by atoms with Gasteiger partial charge >= 0.3 is 0 Å². The van der Waals surface area contributed by atoms with Crippen LogP contribution in [0.25, 0.3) is 22.0 Å². The fraction of sp³-hybridized carbons (Fsp3) is 0.217. The molecule has 1 saturated carbocycles. The van der Waals surface area contributed by atoms with Gasteiger partial charge < -0.3 is 16.0 Å². The number of H-pyrrole nitrogens is 1. The lowest BCUT2D eigenvalue weighted by Crippen LogP contribution is -2.26. The highest BCUT2D eigenvalue weighted by molar-refractivity contribution is 6.07. The number of anilines is 1. The molecule has 0 saturated heterocycles. The number of fused-ring (bicyclic) bond motifs is 2. The number of nitrogens with zero attached hydrogens (tertiary/aromatic N) is 3. The van der Waals surface area contributed by atoms with E-state index in [4.69, 9.17) is 11.0 Å². The number of nitrogens with two attached hydrogens (primary N) is 1. The second-order valence-electron chi connectivity index (χ2n) is 8.01. The zero-order valence-corrected chi connectivity index (χ0v) is 16.7. The van der Waals surface area contributed by atoms with E-state index in [0.29, 0.717) is 29.1 Å². The maximum absolute atomic E-state index is 12.9. The molecule has 154 valence electrons. The minimum absolute atomic E-state index is 0.162. The van der Waals surface area contributed by atoms with Crippen molar-refractivity contribution in [3.63, 3.8) is 0 Å². The molecule has 1 aliphatic heterocycles. The Hall–Kier alpha value is -4.12. The summed E-state index contributed by atoms with van der Waals surface area (Å²) in [6.45, 7) is 4.18. The van der Waals surface area contributed by atoms with Gasteiger partial charge in [0.2, 0.25) is 0 Å². The second kappa shape index (κ2) is 6.99. The molecular formula is C23H20N6O2. The van der Waals surface area contributed by atoms with Crippen molar-refractivity contribution in [1.29, 1.82) is 5.26 Å². The van der Waals surface area contributed by atoms with E-state index >= 15 is 0 Å². The molecule has 2 amide bonds. The van der Waals surface area contributed by atoms with Gasteiger partial charge in [0.05, 0.1) is 23.7 Å². The molecule has 2 heterocycles. The first-order chi connectivity index (χ1) is 15.0. The van der Waals surface area contributed by atoms with Crippen LogP contribution in [0.4, 0.5) is 5.69 Å². The van der Waals surface area contributed by atoms with E-state index in [0.717, 1.165) is 40.4 Å². The zero-order chi connectivity index (χ0) is 21.7. The van der Waals surface area contributed by atoms with Gasteiger partial charge in [-0.3, -0.25) is 14.7 Å². The molecule has 0 bridgehead atoms. The van der Waals surface area contributed by atoms with Crippen LogP contribution in [0.3, 0.4) is 0 Å². The number of amides is 2. The third-order valence-electron chi connectivity index (χ3n) is 5.74. The number of aromatic amines is 1. The molecule has 8 heteroatoms. The highest BCUT2D eigenvalue weighted by atomic mass is 16.2. The summed E-state index contributed by atoms with van der Waals surface area (Å²) in [5.74, 6) is -0.399. The summed E-state index contributed by atoms with van der Waals surface area (Å²) in [6, 6.07) is 11.5. The number of benzene rings is 2. The molecule has 0 atom stereocenters. The van der Waals surface area contributed by atoms with Crippen LogP contribution in [0.15, 0.2) is 42.5 Å². The van der Waals surface area contributed by atoms with Crippen molar-refractivity contribution < 1.29 is 9.59 Å². The van der Waals surface area contributed by atoms with Crippen molar-refractivity contribution in [2.45, 2.75) is 25.4 Å². The molecule has 0 radical (unpaired) electrons. The van der Waals surface area contributed by atoms with Crippen molar-refractivity contribution >= 4 is 28.4 Å². The van der Waals surface area contributed by atoms with Gasteiger partial charge in [0, 0.05) is 29.2 Å². The molecule has 1 aromatic heterocycles. The topological polar surface area (TPSA) is 128 Å². The molecule has 4 N–H and O–H groups in total. The van der Waals surface area contributed by atoms with E-state index < -0.39 is 0 Å². The van der Waals surface area contributed by atoms with Crippen LogP contribution in [0.2, 0.25) is 0 Å². The molecule has 2 aliphatic rings.